The van der Waals surface area contributed by atoms with Crippen molar-refractivity contribution in [2.75, 3.05) is 6.61 Å². The van der Waals surface area contributed by atoms with E-state index in [1.165, 1.54) is 31.8 Å². The van der Waals surface area contributed by atoms with E-state index in [9.17, 15) is 0 Å². The van der Waals surface area contributed by atoms with Crippen LogP contribution in [0, 0.1) is 0 Å². The van der Waals surface area contributed by atoms with Gasteiger partial charge in [-0.2, -0.15) is 0 Å². The topological polar surface area (TPSA) is 40.5 Å². The Balaban J connectivity index is 0. The first-order valence-electron chi connectivity index (χ1n) is 5.82. The zero-order valence-electron chi connectivity index (χ0n) is 10.2. The maximum absolute atomic E-state index is 9.08. The van der Waals surface area contributed by atoms with Gasteiger partial charge in [0.1, 0.15) is 0 Å². The normalized spacial score (nSPS) is 10.5. The van der Waals surface area contributed by atoms with Gasteiger partial charge in [-0.3, -0.25) is 0 Å². The summed E-state index contributed by atoms with van der Waals surface area (Å²) in [5.74, 6) is 0.543. The largest absolute Gasteiger partial charge is 0.513 e. The van der Waals surface area contributed by atoms with Crippen molar-refractivity contribution in [3.8, 4) is 0 Å². The molecule has 0 radical (unpaired) electrons. The number of rotatable bonds is 7. The summed E-state index contributed by atoms with van der Waals surface area (Å²) in [6.45, 7) is 7.49. The van der Waals surface area contributed by atoms with Gasteiger partial charge < -0.3 is 10.2 Å². The summed E-state index contributed by atoms with van der Waals surface area (Å²) in [7, 11) is 0. The zero-order chi connectivity index (χ0) is 11.9. The molecule has 2 heteroatoms. The van der Waals surface area contributed by atoms with E-state index >= 15 is 0 Å². The third-order valence-corrected chi connectivity index (χ3v) is 1.93. The molecule has 0 fully saturated rings. The van der Waals surface area contributed by atoms with Crippen molar-refractivity contribution >= 4 is 0 Å². The van der Waals surface area contributed by atoms with Gasteiger partial charge in [-0.25, -0.2) is 0 Å². The Morgan fingerprint density at radius 2 is 1.80 bits per heavy atom. The molecule has 2 N–H and O–H groups in total. The molecule has 0 unspecified atom stereocenters. The number of aliphatic hydroxyl groups is 2. The Morgan fingerprint density at radius 3 is 2.20 bits per heavy atom. The molecule has 0 amide bonds. The summed E-state index contributed by atoms with van der Waals surface area (Å²) in [6.07, 6.45) is 10.3. The van der Waals surface area contributed by atoms with Gasteiger partial charge in [0.2, 0.25) is 0 Å². The third-order valence-electron chi connectivity index (χ3n) is 1.93. The Hall–Kier alpha value is -0.760. The van der Waals surface area contributed by atoms with Crippen molar-refractivity contribution in [3.63, 3.8) is 0 Å². The highest BCUT2D eigenvalue weighted by Crippen LogP contribution is 2.05. The molecule has 0 spiro atoms. The van der Waals surface area contributed by atoms with Gasteiger partial charge in [0.05, 0.1) is 12.4 Å². The minimum Gasteiger partial charge on any atom is -0.513 e. The lowest BCUT2D eigenvalue weighted by Crippen LogP contribution is -1.78. The average Bonchev–Trinajstić information content (AvgIpc) is 2.28. The molecule has 0 aliphatic rings. The Bertz CT molecular complexity index is 151. The lowest BCUT2D eigenvalue weighted by atomic mass is 10.1. The second kappa shape index (κ2) is 15.7. The summed E-state index contributed by atoms with van der Waals surface area (Å²) in [5.41, 5.74) is 0. The first kappa shape index (κ1) is 16.7. The number of hydrogen-bond acceptors (Lipinski definition) is 2. The first-order valence-corrected chi connectivity index (χ1v) is 5.82. The molecule has 0 saturated carbocycles. The van der Waals surface area contributed by atoms with Crippen LogP contribution in [0.1, 0.15) is 52.4 Å². The highest BCUT2D eigenvalue weighted by atomic mass is 16.3. The molecule has 0 aromatic carbocycles. The molecule has 0 aromatic rings. The molecule has 0 aromatic heterocycles. The van der Waals surface area contributed by atoms with Crippen LogP contribution in [0.5, 0.6) is 0 Å². The second-order valence-electron chi connectivity index (χ2n) is 3.37. The van der Waals surface area contributed by atoms with Crippen LogP contribution < -0.4 is 0 Å². The second-order valence-corrected chi connectivity index (χ2v) is 3.37. The molecular weight excluding hydrogens is 188 g/mol. The van der Waals surface area contributed by atoms with Crippen LogP contribution in [0.3, 0.4) is 0 Å². The maximum Gasteiger partial charge on any atom is 0.0880 e. The monoisotopic (exact) mass is 214 g/mol. The van der Waals surface area contributed by atoms with Gasteiger partial charge in [-0.05, 0) is 18.9 Å². The van der Waals surface area contributed by atoms with E-state index in [1.807, 2.05) is 13.0 Å². The molecule has 0 rings (SSSR count). The maximum atomic E-state index is 9.08. The fourth-order valence-electron chi connectivity index (χ4n) is 0.984. The van der Waals surface area contributed by atoms with Gasteiger partial charge in [-0.15, -0.1) is 6.58 Å². The Kier molecular flexibility index (Phi) is 17.4. The van der Waals surface area contributed by atoms with Crippen LogP contribution in [0.25, 0.3) is 0 Å². The van der Waals surface area contributed by atoms with Crippen molar-refractivity contribution in [1.82, 2.24) is 0 Å². The van der Waals surface area contributed by atoms with Crippen LogP contribution in [0.15, 0.2) is 24.5 Å². The molecule has 15 heavy (non-hydrogen) atoms. The summed E-state index contributed by atoms with van der Waals surface area (Å²) in [5, 5.41) is 16.8. The van der Waals surface area contributed by atoms with Gasteiger partial charge in [0.25, 0.3) is 0 Å². The van der Waals surface area contributed by atoms with E-state index in [4.69, 9.17) is 10.2 Å². The van der Waals surface area contributed by atoms with Gasteiger partial charge in [0, 0.05) is 6.42 Å². The van der Waals surface area contributed by atoms with Crippen molar-refractivity contribution in [1.29, 1.82) is 0 Å². The molecule has 0 atom stereocenters. The minimum absolute atomic E-state index is 0.0833. The fourth-order valence-corrected chi connectivity index (χ4v) is 0.984. The van der Waals surface area contributed by atoms with Crippen LogP contribution in [0.4, 0.5) is 0 Å². The first-order chi connectivity index (χ1) is 7.22. The van der Waals surface area contributed by atoms with Crippen molar-refractivity contribution in [3.05, 3.63) is 24.5 Å². The quantitative estimate of drug-likeness (QED) is 0.382. The summed E-state index contributed by atoms with van der Waals surface area (Å²) in [4.78, 5) is 0. The van der Waals surface area contributed by atoms with E-state index in [0.29, 0.717) is 5.76 Å². The van der Waals surface area contributed by atoms with E-state index < -0.39 is 0 Å². The van der Waals surface area contributed by atoms with Gasteiger partial charge in [-0.1, -0.05) is 39.2 Å². The lowest BCUT2D eigenvalue weighted by Gasteiger charge is -1.95. The molecule has 0 saturated heterocycles. The van der Waals surface area contributed by atoms with Crippen LogP contribution in [-0.4, -0.2) is 16.8 Å². The highest BCUT2D eigenvalue weighted by Gasteiger charge is 1.87. The van der Waals surface area contributed by atoms with Gasteiger partial charge >= 0.3 is 0 Å². The lowest BCUT2D eigenvalue weighted by molar-refractivity contribution is 0.343. The average molecular weight is 214 g/mol. The fraction of sp³-hybridized carbons (Fsp3) is 0.692. The standard InChI is InChI=1S/C10H20O.C3H6O/c1-3-5-6-7-8-9-10(11)4-2;1-2-3-4/h9,11H,3-8H2,1-2H3;2,4H,1,3H2. The summed E-state index contributed by atoms with van der Waals surface area (Å²) >= 11 is 0. The highest BCUT2D eigenvalue weighted by molar-refractivity contribution is 4.88. The Labute approximate surface area is 94.3 Å². The smallest absolute Gasteiger partial charge is 0.0880 e. The predicted octanol–water partition coefficient (Wildman–Crippen LogP) is 3.97. The number of aliphatic hydroxyl groups excluding tert-OH is 2. The summed E-state index contributed by atoms with van der Waals surface area (Å²) < 4.78 is 0. The molecule has 0 bridgehead atoms. The molecule has 0 aliphatic heterocycles. The zero-order valence-corrected chi connectivity index (χ0v) is 10.2. The SMILES string of the molecule is C=CCO.CCCCCCC=C(O)CC. The van der Waals surface area contributed by atoms with Crippen molar-refractivity contribution < 1.29 is 10.2 Å². The van der Waals surface area contributed by atoms with Crippen LogP contribution in [0.2, 0.25) is 0 Å². The molecular formula is C13H26O2. The molecule has 0 aliphatic carbocycles. The van der Waals surface area contributed by atoms with E-state index in [2.05, 4.69) is 13.5 Å². The van der Waals surface area contributed by atoms with Crippen molar-refractivity contribution in [2.24, 2.45) is 0 Å². The third kappa shape index (κ3) is 19.6. The van der Waals surface area contributed by atoms with Gasteiger partial charge in [0.15, 0.2) is 0 Å². The van der Waals surface area contributed by atoms with Crippen LogP contribution >= 0.6 is 0 Å². The Morgan fingerprint density at radius 1 is 1.20 bits per heavy atom. The molecule has 0 heterocycles. The van der Waals surface area contributed by atoms with E-state index in [0.717, 1.165) is 12.8 Å². The minimum atomic E-state index is 0.0833. The van der Waals surface area contributed by atoms with Crippen molar-refractivity contribution in [2.45, 2.75) is 52.4 Å². The van der Waals surface area contributed by atoms with E-state index in [-0.39, 0.29) is 6.61 Å². The molecule has 90 valence electrons. The molecule has 2 nitrogen and oxygen atoms in total. The number of hydrogen-bond donors (Lipinski definition) is 2. The van der Waals surface area contributed by atoms with E-state index in [1.54, 1.807) is 0 Å². The number of allylic oxidation sites excluding steroid dienone is 2. The predicted molar refractivity (Wildman–Crippen MR) is 67.0 cm³/mol. The van der Waals surface area contributed by atoms with Crippen LogP contribution in [-0.2, 0) is 0 Å². The summed E-state index contributed by atoms with van der Waals surface area (Å²) in [6, 6.07) is 0. The number of unbranched alkanes of at least 4 members (excludes halogenated alkanes) is 4.